The molecule has 0 aliphatic heterocycles. The second kappa shape index (κ2) is 6.35. The molecule has 1 heterocycles. The average molecular weight is 324 g/mol. The van der Waals surface area contributed by atoms with Crippen LogP contribution in [0.3, 0.4) is 0 Å². The van der Waals surface area contributed by atoms with Crippen molar-refractivity contribution in [3.63, 3.8) is 0 Å². The summed E-state index contributed by atoms with van der Waals surface area (Å²) in [7, 11) is 1.55. The Morgan fingerprint density at radius 2 is 1.92 bits per heavy atom. The van der Waals surface area contributed by atoms with Crippen molar-refractivity contribution in [1.29, 1.82) is 0 Å². The summed E-state index contributed by atoms with van der Waals surface area (Å²) in [5.74, 6) is 1.16. The molecule has 0 atom stereocenters. The maximum Gasteiger partial charge on any atom is 0.313 e. The number of hydrogen-bond acceptors (Lipinski definition) is 4. The average Bonchev–Trinajstić information content (AvgIpc) is 2.98. The van der Waals surface area contributed by atoms with E-state index in [1.54, 1.807) is 27.0 Å². The van der Waals surface area contributed by atoms with Gasteiger partial charge in [-0.3, -0.25) is 4.79 Å². The lowest BCUT2D eigenvalue weighted by atomic mass is 10.2. The SMILES string of the molecule is COc1cc(-c2nc3ccc(C)cc3[nH]2)ccc1OC(=O)C(C)C. The molecule has 2 aromatic carbocycles. The van der Waals surface area contributed by atoms with Crippen LogP contribution in [0.5, 0.6) is 11.5 Å². The monoisotopic (exact) mass is 324 g/mol. The van der Waals surface area contributed by atoms with Crippen molar-refractivity contribution in [3.8, 4) is 22.9 Å². The molecule has 1 N–H and O–H groups in total. The number of aryl methyl sites for hydroxylation is 1. The minimum Gasteiger partial charge on any atom is -0.493 e. The van der Waals surface area contributed by atoms with E-state index in [2.05, 4.69) is 16.0 Å². The van der Waals surface area contributed by atoms with Crippen molar-refractivity contribution < 1.29 is 14.3 Å². The lowest BCUT2D eigenvalue weighted by Crippen LogP contribution is -2.15. The molecule has 5 nitrogen and oxygen atoms in total. The van der Waals surface area contributed by atoms with E-state index in [4.69, 9.17) is 9.47 Å². The van der Waals surface area contributed by atoms with E-state index in [-0.39, 0.29) is 11.9 Å². The van der Waals surface area contributed by atoms with Crippen LogP contribution in [0.2, 0.25) is 0 Å². The van der Waals surface area contributed by atoms with Gasteiger partial charge in [0.1, 0.15) is 5.82 Å². The summed E-state index contributed by atoms with van der Waals surface area (Å²) in [5, 5.41) is 0. The highest BCUT2D eigenvalue weighted by Gasteiger charge is 2.15. The van der Waals surface area contributed by atoms with Gasteiger partial charge in [0, 0.05) is 5.56 Å². The number of aromatic nitrogens is 2. The van der Waals surface area contributed by atoms with Gasteiger partial charge in [-0.05, 0) is 42.8 Å². The summed E-state index contributed by atoms with van der Waals surface area (Å²) in [6, 6.07) is 11.5. The molecule has 0 saturated carbocycles. The molecule has 0 unspecified atom stereocenters. The molecule has 0 spiro atoms. The fourth-order valence-corrected chi connectivity index (χ4v) is 2.39. The number of hydrogen-bond donors (Lipinski definition) is 1. The largest absolute Gasteiger partial charge is 0.493 e. The molecule has 0 amide bonds. The number of carbonyl (C=O) groups excluding carboxylic acids is 1. The highest BCUT2D eigenvalue weighted by atomic mass is 16.6. The second-order valence-corrected chi connectivity index (χ2v) is 6.05. The molecule has 0 aliphatic rings. The number of H-pyrrole nitrogens is 1. The number of nitrogens with one attached hydrogen (secondary N) is 1. The number of esters is 1. The summed E-state index contributed by atoms with van der Waals surface area (Å²) in [6.45, 7) is 5.62. The fourth-order valence-electron chi connectivity index (χ4n) is 2.39. The molecule has 0 fully saturated rings. The zero-order valence-electron chi connectivity index (χ0n) is 14.2. The maximum atomic E-state index is 11.8. The molecule has 3 aromatic rings. The van der Waals surface area contributed by atoms with Gasteiger partial charge < -0.3 is 14.5 Å². The van der Waals surface area contributed by atoms with Gasteiger partial charge >= 0.3 is 5.97 Å². The fraction of sp³-hybridized carbons (Fsp3) is 0.263. The van der Waals surface area contributed by atoms with Crippen molar-refractivity contribution in [2.75, 3.05) is 7.11 Å². The van der Waals surface area contributed by atoms with E-state index in [9.17, 15) is 4.79 Å². The Morgan fingerprint density at radius 1 is 1.12 bits per heavy atom. The first kappa shape index (κ1) is 16.1. The molecule has 0 radical (unpaired) electrons. The van der Waals surface area contributed by atoms with Crippen molar-refractivity contribution in [2.24, 2.45) is 5.92 Å². The molecule has 0 aliphatic carbocycles. The van der Waals surface area contributed by atoms with E-state index >= 15 is 0 Å². The standard InChI is InChI=1S/C19H20N2O3/c1-11(2)19(22)24-16-8-6-13(10-17(16)23-4)18-20-14-7-5-12(3)9-15(14)21-18/h5-11H,1-4H3,(H,20,21). The van der Waals surface area contributed by atoms with Gasteiger partial charge in [0.2, 0.25) is 0 Å². The van der Waals surface area contributed by atoms with Crippen LogP contribution in [0.25, 0.3) is 22.4 Å². The van der Waals surface area contributed by atoms with E-state index < -0.39 is 0 Å². The zero-order valence-corrected chi connectivity index (χ0v) is 14.2. The molecule has 3 rings (SSSR count). The quantitative estimate of drug-likeness (QED) is 0.579. The molecule has 0 bridgehead atoms. The molecular formula is C19H20N2O3. The van der Waals surface area contributed by atoms with Gasteiger partial charge in [0.05, 0.1) is 24.1 Å². The van der Waals surface area contributed by atoms with Crippen molar-refractivity contribution >= 4 is 17.0 Å². The first-order chi connectivity index (χ1) is 11.5. The van der Waals surface area contributed by atoms with E-state index in [1.807, 2.05) is 31.2 Å². The number of methoxy groups -OCH3 is 1. The van der Waals surface area contributed by atoms with Crippen LogP contribution in [0, 0.1) is 12.8 Å². The Morgan fingerprint density at radius 3 is 2.62 bits per heavy atom. The summed E-state index contributed by atoms with van der Waals surface area (Å²) >= 11 is 0. The summed E-state index contributed by atoms with van der Waals surface area (Å²) < 4.78 is 10.7. The van der Waals surface area contributed by atoms with E-state index in [0.717, 1.165) is 22.4 Å². The predicted molar refractivity (Wildman–Crippen MR) is 93.3 cm³/mol. The van der Waals surface area contributed by atoms with Crippen molar-refractivity contribution in [2.45, 2.75) is 20.8 Å². The number of ether oxygens (including phenoxy) is 2. The summed E-state index contributed by atoms with van der Waals surface area (Å²) in [4.78, 5) is 19.7. The molecule has 5 heteroatoms. The first-order valence-electron chi connectivity index (χ1n) is 7.84. The second-order valence-electron chi connectivity index (χ2n) is 6.05. The highest BCUT2D eigenvalue weighted by molar-refractivity contribution is 5.81. The van der Waals surface area contributed by atoms with Crippen molar-refractivity contribution in [3.05, 3.63) is 42.0 Å². The first-order valence-corrected chi connectivity index (χ1v) is 7.84. The molecular weight excluding hydrogens is 304 g/mol. The van der Waals surface area contributed by atoms with Gasteiger partial charge in [-0.25, -0.2) is 4.98 Å². The van der Waals surface area contributed by atoms with Crippen LogP contribution in [0.1, 0.15) is 19.4 Å². The van der Waals surface area contributed by atoms with E-state index in [0.29, 0.717) is 11.5 Å². The number of fused-ring (bicyclic) bond motifs is 1. The Kier molecular flexibility index (Phi) is 4.25. The topological polar surface area (TPSA) is 64.2 Å². The van der Waals surface area contributed by atoms with Gasteiger partial charge in [-0.1, -0.05) is 19.9 Å². The smallest absolute Gasteiger partial charge is 0.313 e. The third kappa shape index (κ3) is 3.11. The molecule has 1 aromatic heterocycles. The lowest BCUT2D eigenvalue weighted by molar-refractivity contribution is -0.137. The molecule has 0 saturated heterocycles. The van der Waals surface area contributed by atoms with Crippen LogP contribution >= 0.6 is 0 Å². The number of imidazole rings is 1. The Labute approximate surface area is 140 Å². The number of aromatic amines is 1. The molecule has 124 valence electrons. The van der Waals surface area contributed by atoms with Crippen LogP contribution in [-0.4, -0.2) is 23.0 Å². The highest BCUT2D eigenvalue weighted by Crippen LogP contribution is 2.32. The Balaban J connectivity index is 1.97. The summed E-state index contributed by atoms with van der Waals surface area (Å²) in [6.07, 6.45) is 0. The van der Waals surface area contributed by atoms with Crippen molar-refractivity contribution in [1.82, 2.24) is 9.97 Å². The summed E-state index contributed by atoms with van der Waals surface area (Å²) in [5.41, 5.74) is 3.93. The minimum atomic E-state index is -0.291. The number of rotatable bonds is 4. The zero-order chi connectivity index (χ0) is 17.3. The van der Waals surface area contributed by atoms with Crippen LogP contribution < -0.4 is 9.47 Å². The van der Waals surface area contributed by atoms with Gasteiger partial charge in [-0.15, -0.1) is 0 Å². The predicted octanol–water partition coefficient (Wildman–Crippen LogP) is 4.11. The Hall–Kier alpha value is -2.82. The third-order valence-corrected chi connectivity index (χ3v) is 3.76. The maximum absolute atomic E-state index is 11.8. The van der Waals surface area contributed by atoms with Crippen LogP contribution in [0.15, 0.2) is 36.4 Å². The minimum absolute atomic E-state index is 0.201. The normalized spacial score (nSPS) is 11.0. The number of carbonyl (C=O) groups is 1. The Bertz CT molecular complexity index is 897. The van der Waals surface area contributed by atoms with E-state index in [1.165, 1.54) is 5.56 Å². The van der Waals surface area contributed by atoms with Gasteiger partial charge in [0.25, 0.3) is 0 Å². The third-order valence-electron chi connectivity index (χ3n) is 3.76. The number of nitrogens with zero attached hydrogens (tertiary/aromatic N) is 1. The van der Waals surface area contributed by atoms with Gasteiger partial charge in [0.15, 0.2) is 11.5 Å². The van der Waals surface area contributed by atoms with Gasteiger partial charge in [-0.2, -0.15) is 0 Å². The number of benzene rings is 2. The van der Waals surface area contributed by atoms with Crippen LogP contribution in [-0.2, 0) is 4.79 Å². The lowest BCUT2D eigenvalue weighted by Gasteiger charge is -2.11. The van der Waals surface area contributed by atoms with Crippen LogP contribution in [0.4, 0.5) is 0 Å². The molecule has 24 heavy (non-hydrogen) atoms.